The van der Waals surface area contributed by atoms with Crippen LogP contribution >= 0.6 is 0 Å². The Bertz CT molecular complexity index is 428. The van der Waals surface area contributed by atoms with Crippen molar-refractivity contribution in [3.63, 3.8) is 0 Å². The summed E-state index contributed by atoms with van der Waals surface area (Å²) >= 11 is 0. The Kier molecular flexibility index (Phi) is 6.26. The van der Waals surface area contributed by atoms with E-state index in [9.17, 15) is 9.59 Å². The summed E-state index contributed by atoms with van der Waals surface area (Å²) in [4.78, 5) is 35.4. The Morgan fingerprint density at radius 1 is 0.875 bits per heavy atom. The Hall–Kier alpha value is -1.14. The van der Waals surface area contributed by atoms with Crippen LogP contribution in [-0.2, 0) is 19.4 Å². The highest BCUT2D eigenvalue weighted by atomic mass is 17.2. The average molecular weight is 340 g/mol. The zero-order valence-electron chi connectivity index (χ0n) is 15.4. The minimum Gasteiger partial charge on any atom is -0.305 e. The van der Waals surface area contributed by atoms with Crippen LogP contribution in [-0.4, -0.2) is 37.1 Å². The van der Waals surface area contributed by atoms with Gasteiger partial charge >= 0.3 is 11.9 Å². The van der Waals surface area contributed by atoms with Crippen LogP contribution in [0.3, 0.4) is 0 Å². The number of carbonyl (C=O) groups excluding carboxylic acids is 2. The standard InChI is InChI=1S/C18H32N2O4/c1-5-13-9-7-11-17(13,19-3)15(21)23-24-16(22)18(20-4)12-8-10-14(18)6-2/h13-14,19-20H,5-12H2,1-4H3/t13-,14?,17+,18?/m0/s1. The molecular weight excluding hydrogens is 308 g/mol. The van der Waals surface area contributed by atoms with Gasteiger partial charge in [-0.1, -0.05) is 39.5 Å². The van der Waals surface area contributed by atoms with E-state index in [4.69, 9.17) is 9.78 Å². The van der Waals surface area contributed by atoms with Crippen LogP contribution in [0, 0.1) is 11.8 Å². The summed E-state index contributed by atoms with van der Waals surface area (Å²) in [6.07, 6.45) is 7.13. The van der Waals surface area contributed by atoms with Gasteiger partial charge in [-0.3, -0.25) is 0 Å². The Morgan fingerprint density at radius 2 is 1.25 bits per heavy atom. The first-order valence-corrected chi connectivity index (χ1v) is 9.31. The van der Waals surface area contributed by atoms with Crippen molar-refractivity contribution in [3.05, 3.63) is 0 Å². The van der Waals surface area contributed by atoms with Gasteiger partial charge in [-0.15, -0.1) is 0 Å². The van der Waals surface area contributed by atoms with Gasteiger partial charge < -0.3 is 10.6 Å². The van der Waals surface area contributed by atoms with Crippen LogP contribution in [0.5, 0.6) is 0 Å². The summed E-state index contributed by atoms with van der Waals surface area (Å²) < 4.78 is 0. The third-order valence-electron chi connectivity index (χ3n) is 6.44. The number of likely N-dealkylation sites (N-methyl/N-ethyl adjacent to an activating group) is 2. The molecule has 2 aliphatic carbocycles. The van der Waals surface area contributed by atoms with Gasteiger partial charge in [0.15, 0.2) is 0 Å². The van der Waals surface area contributed by atoms with E-state index < -0.39 is 23.0 Å². The lowest BCUT2D eigenvalue weighted by Crippen LogP contribution is -2.56. The summed E-state index contributed by atoms with van der Waals surface area (Å²) in [5.41, 5.74) is -1.47. The molecule has 2 fully saturated rings. The molecule has 6 heteroatoms. The van der Waals surface area contributed by atoms with Crippen molar-refractivity contribution in [1.82, 2.24) is 10.6 Å². The first-order chi connectivity index (χ1) is 11.5. The molecule has 2 saturated carbocycles. The van der Waals surface area contributed by atoms with Crippen LogP contribution in [0.15, 0.2) is 0 Å². The fourth-order valence-corrected chi connectivity index (χ4v) is 4.89. The quantitative estimate of drug-likeness (QED) is 0.571. The fraction of sp³-hybridized carbons (Fsp3) is 0.889. The van der Waals surface area contributed by atoms with Crippen molar-refractivity contribution in [2.45, 2.75) is 76.3 Å². The Morgan fingerprint density at radius 3 is 1.54 bits per heavy atom. The second kappa shape index (κ2) is 7.83. The molecule has 24 heavy (non-hydrogen) atoms. The van der Waals surface area contributed by atoms with E-state index in [1.54, 1.807) is 14.1 Å². The van der Waals surface area contributed by atoms with Gasteiger partial charge in [-0.05, 0) is 51.6 Å². The van der Waals surface area contributed by atoms with E-state index in [1.807, 2.05) is 0 Å². The minimum atomic E-state index is -0.734. The molecule has 2 N–H and O–H groups in total. The highest BCUT2D eigenvalue weighted by Gasteiger charge is 2.52. The lowest BCUT2D eigenvalue weighted by Gasteiger charge is -2.33. The van der Waals surface area contributed by atoms with Crippen molar-refractivity contribution >= 4 is 11.9 Å². The van der Waals surface area contributed by atoms with Gasteiger partial charge in [0.2, 0.25) is 0 Å². The average Bonchev–Trinajstić information content (AvgIpc) is 3.23. The zero-order valence-corrected chi connectivity index (χ0v) is 15.4. The van der Waals surface area contributed by atoms with Gasteiger partial charge in [0.1, 0.15) is 11.1 Å². The first-order valence-electron chi connectivity index (χ1n) is 9.31. The van der Waals surface area contributed by atoms with Gasteiger partial charge in [-0.2, -0.15) is 0 Å². The Balaban J connectivity index is 2.04. The molecule has 0 radical (unpaired) electrons. The molecular formula is C18H32N2O4. The van der Waals surface area contributed by atoms with Crippen LogP contribution < -0.4 is 10.6 Å². The third-order valence-corrected chi connectivity index (χ3v) is 6.44. The highest BCUT2D eigenvalue weighted by molar-refractivity contribution is 5.85. The number of hydrogen-bond acceptors (Lipinski definition) is 6. The molecule has 2 aliphatic rings. The molecule has 2 unspecified atom stereocenters. The summed E-state index contributed by atoms with van der Waals surface area (Å²) in [7, 11) is 3.55. The summed E-state index contributed by atoms with van der Waals surface area (Å²) in [6.45, 7) is 4.14. The number of hydrogen-bond donors (Lipinski definition) is 2. The van der Waals surface area contributed by atoms with Crippen LogP contribution in [0.4, 0.5) is 0 Å². The van der Waals surface area contributed by atoms with Crippen molar-refractivity contribution in [3.8, 4) is 0 Å². The Labute approximate surface area is 145 Å². The summed E-state index contributed by atoms with van der Waals surface area (Å²) in [5, 5.41) is 6.27. The predicted molar refractivity (Wildman–Crippen MR) is 91.0 cm³/mol. The van der Waals surface area contributed by atoms with Crippen molar-refractivity contribution in [2.75, 3.05) is 14.1 Å². The molecule has 4 atom stereocenters. The largest absolute Gasteiger partial charge is 0.375 e. The van der Waals surface area contributed by atoms with E-state index >= 15 is 0 Å². The maximum absolute atomic E-state index is 12.6. The maximum atomic E-state index is 12.6. The molecule has 138 valence electrons. The van der Waals surface area contributed by atoms with Crippen molar-refractivity contribution < 1.29 is 19.4 Å². The smallest absolute Gasteiger partial charge is 0.305 e. The monoisotopic (exact) mass is 340 g/mol. The van der Waals surface area contributed by atoms with Gasteiger partial charge in [-0.25, -0.2) is 19.4 Å². The molecule has 0 aromatic heterocycles. The second-order valence-corrected chi connectivity index (χ2v) is 7.18. The molecule has 0 saturated heterocycles. The SMILES string of the molecule is CCC1CCCC1(NC)C(=O)OOC(=O)[C@@]1(NC)CCC[C@@H]1CC. The predicted octanol–water partition coefficient (Wildman–Crippen LogP) is 2.32. The minimum absolute atomic E-state index is 0.210. The van der Waals surface area contributed by atoms with Crippen LogP contribution in [0.1, 0.15) is 65.2 Å². The zero-order chi connectivity index (χ0) is 17.8. The second-order valence-electron chi connectivity index (χ2n) is 7.18. The lowest BCUT2D eigenvalue weighted by atomic mass is 9.85. The van der Waals surface area contributed by atoms with E-state index in [0.717, 1.165) is 38.5 Å². The van der Waals surface area contributed by atoms with Crippen LogP contribution in [0.25, 0.3) is 0 Å². The van der Waals surface area contributed by atoms with E-state index in [2.05, 4.69) is 24.5 Å². The number of rotatable bonds is 6. The molecule has 0 aliphatic heterocycles. The van der Waals surface area contributed by atoms with E-state index in [1.165, 1.54) is 0 Å². The molecule has 6 nitrogen and oxygen atoms in total. The van der Waals surface area contributed by atoms with Gasteiger partial charge in [0, 0.05) is 0 Å². The maximum Gasteiger partial charge on any atom is 0.375 e. The third kappa shape index (κ3) is 3.06. The lowest BCUT2D eigenvalue weighted by molar-refractivity contribution is -0.270. The molecule has 0 heterocycles. The molecule has 2 rings (SSSR count). The van der Waals surface area contributed by atoms with Gasteiger partial charge in [0.25, 0.3) is 0 Å². The van der Waals surface area contributed by atoms with Crippen molar-refractivity contribution in [1.29, 1.82) is 0 Å². The molecule has 0 aromatic carbocycles. The van der Waals surface area contributed by atoms with E-state index in [0.29, 0.717) is 12.8 Å². The molecule has 0 spiro atoms. The highest BCUT2D eigenvalue weighted by Crippen LogP contribution is 2.40. The number of carbonyl (C=O) groups is 2. The first kappa shape index (κ1) is 19.2. The molecule has 0 bridgehead atoms. The van der Waals surface area contributed by atoms with Gasteiger partial charge in [0.05, 0.1) is 0 Å². The fourth-order valence-electron chi connectivity index (χ4n) is 4.89. The molecule has 0 amide bonds. The van der Waals surface area contributed by atoms with Crippen LogP contribution in [0.2, 0.25) is 0 Å². The van der Waals surface area contributed by atoms with E-state index in [-0.39, 0.29) is 11.8 Å². The molecule has 0 aromatic rings. The normalized spacial score (nSPS) is 35.8. The van der Waals surface area contributed by atoms with Crippen molar-refractivity contribution in [2.24, 2.45) is 11.8 Å². The number of nitrogens with one attached hydrogen (secondary N) is 2. The topological polar surface area (TPSA) is 76.7 Å². The summed E-state index contributed by atoms with van der Waals surface area (Å²) in [5.74, 6) is -0.524. The summed E-state index contributed by atoms with van der Waals surface area (Å²) in [6, 6.07) is 0.